The number of nitrogens with zero attached hydrogens (tertiary/aromatic N) is 1. The minimum absolute atomic E-state index is 0.171. The van der Waals surface area contributed by atoms with Crippen molar-refractivity contribution in [2.24, 2.45) is 11.8 Å². The Morgan fingerprint density at radius 1 is 1.08 bits per heavy atom. The molecule has 1 saturated heterocycles. The number of imide groups is 1. The third-order valence-electron chi connectivity index (χ3n) is 5.10. The van der Waals surface area contributed by atoms with Crippen LogP contribution in [0.25, 0.3) is 0 Å². The molecule has 2 aliphatic rings. The largest absolute Gasteiger partial charge is 0.325 e. The minimum Gasteiger partial charge on any atom is -0.325 e. The highest BCUT2D eigenvalue weighted by atomic mass is 16.2. The highest BCUT2D eigenvalue weighted by molar-refractivity contribution is 6.08. The van der Waals surface area contributed by atoms with E-state index in [2.05, 4.69) is 19.2 Å². The molecule has 0 bridgehead atoms. The van der Waals surface area contributed by atoms with Gasteiger partial charge in [0, 0.05) is 5.69 Å². The van der Waals surface area contributed by atoms with Crippen LogP contribution in [0.3, 0.4) is 0 Å². The van der Waals surface area contributed by atoms with Gasteiger partial charge in [-0.1, -0.05) is 38.8 Å². The van der Waals surface area contributed by atoms with Gasteiger partial charge in [0.15, 0.2) is 0 Å². The quantitative estimate of drug-likeness (QED) is 0.864. The van der Waals surface area contributed by atoms with E-state index in [9.17, 15) is 14.4 Å². The van der Waals surface area contributed by atoms with Gasteiger partial charge in [-0.2, -0.15) is 0 Å². The molecule has 1 aliphatic heterocycles. The summed E-state index contributed by atoms with van der Waals surface area (Å²) in [5, 5.41) is 2.77. The molecular formula is C19H24N2O3. The molecule has 0 spiro atoms. The van der Waals surface area contributed by atoms with Crippen LogP contribution in [0.2, 0.25) is 0 Å². The number of hydrogen-bond acceptors (Lipinski definition) is 3. The van der Waals surface area contributed by atoms with Crippen molar-refractivity contribution >= 4 is 23.4 Å². The molecule has 2 atom stereocenters. The van der Waals surface area contributed by atoms with Crippen molar-refractivity contribution in [1.82, 2.24) is 4.90 Å². The monoisotopic (exact) mass is 328 g/mol. The van der Waals surface area contributed by atoms with Crippen molar-refractivity contribution in [3.05, 3.63) is 29.8 Å². The first kappa shape index (κ1) is 16.7. The van der Waals surface area contributed by atoms with Crippen LogP contribution in [0.1, 0.15) is 51.0 Å². The Morgan fingerprint density at radius 3 is 2.12 bits per heavy atom. The van der Waals surface area contributed by atoms with Gasteiger partial charge in [0.1, 0.15) is 6.54 Å². The maximum atomic E-state index is 12.4. The Morgan fingerprint density at radius 2 is 1.62 bits per heavy atom. The van der Waals surface area contributed by atoms with E-state index < -0.39 is 0 Å². The van der Waals surface area contributed by atoms with Crippen LogP contribution in [0.4, 0.5) is 5.69 Å². The van der Waals surface area contributed by atoms with Crippen LogP contribution in [-0.2, 0) is 14.4 Å². The first-order valence-electron chi connectivity index (χ1n) is 8.72. The molecule has 24 heavy (non-hydrogen) atoms. The Kier molecular flexibility index (Phi) is 4.69. The second-order valence-corrected chi connectivity index (χ2v) is 7.08. The molecule has 3 amide bonds. The number of fused-ring (bicyclic) bond motifs is 1. The number of hydrogen-bond donors (Lipinski definition) is 1. The fraction of sp³-hybridized carbons (Fsp3) is 0.526. The summed E-state index contributed by atoms with van der Waals surface area (Å²) in [7, 11) is 0. The first-order chi connectivity index (χ1) is 11.5. The Labute approximate surface area is 142 Å². The zero-order valence-corrected chi connectivity index (χ0v) is 14.2. The number of rotatable bonds is 4. The third kappa shape index (κ3) is 3.21. The fourth-order valence-corrected chi connectivity index (χ4v) is 3.68. The maximum Gasteiger partial charge on any atom is 0.244 e. The summed E-state index contributed by atoms with van der Waals surface area (Å²) in [5.41, 5.74) is 1.88. The molecule has 1 aliphatic carbocycles. The SMILES string of the molecule is CC(C)c1ccc(NC(=O)CN2C(=O)C3CCCCC3C2=O)cc1. The average molecular weight is 328 g/mol. The van der Waals surface area contributed by atoms with Crippen LogP contribution >= 0.6 is 0 Å². The molecule has 128 valence electrons. The summed E-state index contributed by atoms with van der Waals surface area (Å²) in [6.45, 7) is 4.03. The van der Waals surface area contributed by atoms with Gasteiger partial charge in [-0.3, -0.25) is 19.3 Å². The average Bonchev–Trinajstić information content (AvgIpc) is 2.81. The van der Waals surface area contributed by atoms with E-state index in [1.807, 2.05) is 24.3 Å². The standard InChI is InChI=1S/C19H24N2O3/c1-12(2)13-7-9-14(10-8-13)20-17(22)11-21-18(23)15-5-3-4-6-16(15)19(21)24/h7-10,12,15-16H,3-6,11H2,1-2H3,(H,20,22). The molecule has 1 saturated carbocycles. The molecule has 1 aromatic rings. The van der Waals surface area contributed by atoms with Gasteiger partial charge in [0.25, 0.3) is 0 Å². The number of benzene rings is 1. The first-order valence-corrected chi connectivity index (χ1v) is 8.72. The van der Waals surface area contributed by atoms with Crippen LogP contribution in [0, 0.1) is 11.8 Å². The van der Waals surface area contributed by atoms with E-state index in [1.165, 1.54) is 5.56 Å². The summed E-state index contributed by atoms with van der Waals surface area (Å²) in [4.78, 5) is 38.1. The van der Waals surface area contributed by atoms with Gasteiger partial charge in [0.2, 0.25) is 17.7 Å². The van der Waals surface area contributed by atoms with Crippen molar-refractivity contribution in [3.63, 3.8) is 0 Å². The van der Waals surface area contributed by atoms with Gasteiger partial charge < -0.3 is 5.32 Å². The molecule has 5 nitrogen and oxygen atoms in total. The molecule has 2 unspecified atom stereocenters. The van der Waals surface area contributed by atoms with Gasteiger partial charge in [0.05, 0.1) is 11.8 Å². The minimum atomic E-state index is -0.326. The lowest BCUT2D eigenvalue weighted by Gasteiger charge is -2.19. The van der Waals surface area contributed by atoms with Crippen molar-refractivity contribution in [3.8, 4) is 0 Å². The molecule has 0 aromatic heterocycles. The van der Waals surface area contributed by atoms with Gasteiger partial charge in [-0.25, -0.2) is 0 Å². The molecule has 0 radical (unpaired) electrons. The van der Waals surface area contributed by atoms with E-state index in [0.717, 1.165) is 30.6 Å². The smallest absolute Gasteiger partial charge is 0.244 e. The number of nitrogens with one attached hydrogen (secondary N) is 1. The predicted octanol–water partition coefficient (Wildman–Crippen LogP) is 2.92. The predicted molar refractivity (Wildman–Crippen MR) is 91.3 cm³/mol. The zero-order chi connectivity index (χ0) is 17.3. The number of anilines is 1. The van der Waals surface area contributed by atoms with E-state index >= 15 is 0 Å². The van der Waals surface area contributed by atoms with Crippen molar-refractivity contribution in [1.29, 1.82) is 0 Å². The van der Waals surface area contributed by atoms with Crippen LogP contribution in [0.5, 0.6) is 0 Å². The summed E-state index contributed by atoms with van der Waals surface area (Å²) in [6.07, 6.45) is 3.51. The van der Waals surface area contributed by atoms with Crippen LogP contribution in [-0.4, -0.2) is 29.2 Å². The lowest BCUT2D eigenvalue weighted by Crippen LogP contribution is -2.38. The molecule has 1 aromatic carbocycles. The summed E-state index contributed by atoms with van der Waals surface area (Å²) in [6, 6.07) is 7.64. The van der Waals surface area contributed by atoms with E-state index in [4.69, 9.17) is 0 Å². The maximum absolute atomic E-state index is 12.4. The molecule has 1 N–H and O–H groups in total. The van der Waals surface area contributed by atoms with Gasteiger partial charge in [-0.15, -0.1) is 0 Å². The van der Waals surface area contributed by atoms with Crippen LogP contribution < -0.4 is 5.32 Å². The second-order valence-electron chi connectivity index (χ2n) is 7.08. The van der Waals surface area contributed by atoms with Crippen LogP contribution in [0.15, 0.2) is 24.3 Å². The van der Waals surface area contributed by atoms with E-state index in [-0.39, 0.29) is 36.1 Å². The fourth-order valence-electron chi connectivity index (χ4n) is 3.68. The number of carbonyl (C=O) groups excluding carboxylic acids is 3. The topological polar surface area (TPSA) is 66.5 Å². The zero-order valence-electron chi connectivity index (χ0n) is 14.2. The van der Waals surface area contributed by atoms with Gasteiger partial charge in [-0.05, 0) is 36.5 Å². The second kappa shape index (κ2) is 6.75. The summed E-state index contributed by atoms with van der Waals surface area (Å²) >= 11 is 0. The van der Waals surface area contributed by atoms with Crippen molar-refractivity contribution in [2.45, 2.75) is 45.4 Å². The molecule has 1 heterocycles. The lowest BCUT2D eigenvalue weighted by atomic mass is 9.81. The summed E-state index contributed by atoms with van der Waals surface area (Å²) < 4.78 is 0. The number of carbonyl (C=O) groups is 3. The number of likely N-dealkylation sites (tertiary alicyclic amines) is 1. The molecule has 2 fully saturated rings. The van der Waals surface area contributed by atoms with Crippen molar-refractivity contribution in [2.75, 3.05) is 11.9 Å². The van der Waals surface area contributed by atoms with E-state index in [0.29, 0.717) is 11.6 Å². The summed E-state index contributed by atoms with van der Waals surface area (Å²) in [5.74, 6) is -0.649. The molecule has 5 heteroatoms. The van der Waals surface area contributed by atoms with E-state index in [1.54, 1.807) is 0 Å². The number of amides is 3. The van der Waals surface area contributed by atoms with Crippen molar-refractivity contribution < 1.29 is 14.4 Å². The normalized spacial score (nSPS) is 23.5. The Balaban J connectivity index is 1.62. The highest BCUT2D eigenvalue weighted by Crippen LogP contribution is 2.37. The Bertz CT molecular complexity index is 627. The molecule has 3 rings (SSSR count). The highest BCUT2D eigenvalue weighted by Gasteiger charge is 2.48. The molecular weight excluding hydrogens is 304 g/mol. The lowest BCUT2D eigenvalue weighted by molar-refractivity contribution is -0.142. The Hall–Kier alpha value is -2.17. The van der Waals surface area contributed by atoms with Gasteiger partial charge >= 0.3 is 0 Å². The third-order valence-corrected chi connectivity index (χ3v) is 5.10.